The second-order valence-electron chi connectivity index (χ2n) is 7.60. The van der Waals surface area contributed by atoms with Gasteiger partial charge in [0, 0.05) is 59.6 Å². The summed E-state index contributed by atoms with van der Waals surface area (Å²) in [6, 6.07) is 4.12. The highest BCUT2D eigenvalue weighted by atomic mass is 16.5. The van der Waals surface area contributed by atoms with E-state index in [-0.39, 0.29) is 5.60 Å². The van der Waals surface area contributed by atoms with Crippen molar-refractivity contribution in [3.05, 3.63) is 42.5 Å². The van der Waals surface area contributed by atoms with E-state index in [0.717, 1.165) is 40.9 Å². The van der Waals surface area contributed by atoms with E-state index in [1.807, 2.05) is 18.5 Å². The zero-order valence-corrected chi connectivity index (χ0v) is 13.9. The van der Waals surface area contributed by atoms with Crippen molar-refractivity contribution >= 4 is 11.0 Å². The molecule has 7 rings (SSSR count). The van der Waals surface area contributed by atoms with Gasteiger partial charge in [-0.1, -0.05) is 0 Å². The first-order chi connectivity index (χ1) is 12.3. The molecule has 4 aliphatic heterocycles. The van der Waals surface area contributed by atoms with Crippen molar-refractivity contribution in [3.8, 4) is 17.0 Å². The van der Waals surface area contributed by atoms with Crippen LogP contribution >= 0.6 is 0 Å². The summed E-state index contributed by atoms with van der Waals surface area (Å²) in [5.74, 6) is 1.48. The van der Waals surface area contributed by atoms with Crippen molar-refractivity contribution in [2.45, 2.75) is 24.9 Å². The predicted octanol–water partition coefficient (Wildman–Crippen LogP) is 3.29. The van der Waals surface area contributed by atoms with Gasteiger partial charge in [0.2, 0.25) is 5.88 Å². The largest absolute Gasteiger partial charge is 0.469 e. The molecule has 1 atom stereocenters. The summed E-state index contributed by atoms with van der Waals surface area (Å²) >= 11 is 0. The van der Waals surface area contributed by atoms with E-state index in [1.165, 1.54) is 31.5 Å². The number of hydrogen-bond donors (Lipinski definition) is 0. The maximum atomic E-state index is 6.44. The summed E-state index contributed by atoms with van der Waals surface area (Å²) in [6.07, 6.45) is 10.8. The van der Waals surface area contributed by atoms with Gasteiger partial charge >= 0.3 is 0 Å². The van der Waals surface area contributed by atoms with Crippen LogP contribution in [-0.4, -0.2) is 40.1 Å². The van der Waals surface area contributed by atoms with E-state index in [9.17, 15) is 0 Å². The number of rotatable bonds is 1. The van der Waals surface area contributed by atoms with Gasteiger partial charge in [-0.15, -0.1) is 0 Å². The number of pyridine rings is 2. The molecule has 2 bridgehead atoms. The Morgan fingerprint density at radius 3 is 2.96 bits per heavy atom. The first kappa shape index (κ1) is 13.8. The molecular weight excluding hydrogens is 314 g/mol. The predicted molar refractivity (Wildman–Crippen MR) is 93.5 cm³/mol. The summed E-state index contributed by atoms with van der Waals surface area (Å²) in [5, 5.41) is 1.03. The van der Waals surface area contributed by atoms with Gasteiger partial charge in [0.05, 0.1) is 6.26 Å². The summed E-state index contributed by atoms with van der Waals surface area (Å²) in [5.41, 5.74) is 4.16. The smallest absolute Gasteiger partial charge is 0.217 e. The standard InChI is InChI=1S/C20H19N3O2/c1-4-21-10-16-17(11-24-18(1)16)14-7-13-8-20(25-19(13)22-9-14)12-23-5-2-15(20)3-6-23/h1,4,7,9-11,15H,2-3,5-6,8,12H2/t20-/m0/s1. The molecule has 3 saturated heterocycles. The van der Waals surface area contributed by atoms with Crippen molar-refractivity contribution in [3.63, 3.8) is 0 Å². The summed E-state index contributed by atoms with van der Waals surface area (Å²) < 4.78 is 12.1. The van der Waals surface area contributed by atoms with Crippen LogP contribution in [0.4, 0.5) is 0 Å². The van der Waals surface area contributed by atoms with Crippen LogP contribution in [0.15, 0.2) is 41.4 Å². The van der Waals surface area contributed by atoms with Gasteiger partial charge in [-0.2, -0.15) is 0 Å². The fraction of sp³-hybridized carbons (Fsp3) is 0.400. The van der Waals surface area contributed by atoms with Crippen LogP contribution in [-0.2, 0) is 6.42 Å². The molecule has 0 N–H and O–H groups in total. The van der Waals surface area contributed by atoms with E-state index in [4.69, 9.17) is 9.15 Å². The summed E-state index contributed by atoms with van der Waals surface area (Å²) in [7, 11) is 0. The molecule has 0 unspecified atom stereocenters. The van der Waals surface area contributed by atoms with E-state index in [2.05, 4.69) is 20.9 Å². The Morgan fingerprint density at radius 2 is 2.12 bits per heavy atom. The molecule has 0 radical (unpaired) electrons. The summed E-state index contributed by atoms with van der Waals surface area (Å²) in [4.78, 5) is 11.4. The van der Waals surface area contributed by atoms with Gasteiger partial charge in [-0.25, -0.2) is 4.98 Å². The molecule has 0 aromatic carbocycles. The average molecular weight is 333 g/mol. The van der Waals surface area contributed by atoms with Gasteiger partial charge in [0.25, 0.3) is 0 Å². The molecule has 25 heavy (non-hydrogen) atoms. The fourth-order valence-corrected chi connectivity index (χ4v) is 4.95. The third kappa shape index (κ3) is 1.93. The Balaban J connectivity index is 1.40. The molecule has 126 valence electrons. The van der Waals surface area contributed by atoms with Gasteiger partial charge in [0.15, 0.2) is 0 Å². The third-order valence-corrected chi connectivity index (χ3v) is 6.22. The lowest BCUT2D eigenvalue weighted by Crippen LogP contribution is -2.61. The van der Waals surface area contributed by atoms with Gasteiger partial charge < -0.3 is 9.15 Å². The van der Waals surface area contributed by atoms with Crippen molar-refractivity contribution in [2.24, 2.45) is 5.92 Å². The SMILES string of the molecule is c1cc2occ(-c3cnc4c(c3)C[C@@]3(CN5CCC3CC5)O4)c2cn1. The number of hydrogen-bond acceptors (Lipinski definition) is 5. The molecule has 7 heterocycles. The van der Waals surface area contributed by atoms with Crippen LogP contribution in [0, 0.1) is 5.92 Å². The van der Waals surface area contributed by atoms with E-state index >= 15 is 0 Å². The minimum atomic E-state index is -0.0511. The van der Waals surface area contributed by atoms with Crippen LogP contribution in [0.5, 0.6) is 5.88 Å². The monoisotopic (exact) mass is 333 g/mol. The Labute approximate surface area is 145 Å². The normalized spacial score (nSPS) is 29.9. The van der Waals surface area contributed by atoms with Crippen molar-refractivity contribution in [1.82, 2.24) is 14.9 Å². The minimum absolute atomic E-state index is 0.0511. The van der Waals surface area contributed by atoms with Crippen LogP contribution in [0.25, 0.3) is 22.1 Å². The number of ether oxygens (including phenoxy) is 1. The average Bonchev–Trinajstić information content (AvgIpc) is 3.23. The van der Waals surface area contributed by atoms with Crippen LogP contribution < -0.4 is 4.74 Å². The lowest BCUT2D eigenvalue weighted by Gasteiger charge is -2.50. The number of aromatic nitrogens is 2. The van der Waals surface area contributed by atoms with E-state index in [0.29, 0.717) is 5.92 Å². The van der Waals surface area contributed by atoms with Crippen molar-refractivity contribution in [2.75, 3.05) is 19.6 Å². The van der Waals surface area contributed by atoms with E-state index in [1.54, 1.807) is 12.5 Å². The third-order valence-electron chi connectivity index (χ3n) is 6.22. The Morgan fingerprint density at radius 1 is 1.20 bits per heavy atom. The maximum absolute atomic E-state index is 6.44. The highest BCUT2D eigenvalue weighted by molar-refractivity contribution is 5.93. The second kappa shape index (κ2) is 4.82. The topological polar surface area (TPSA) is 51.4 Å². The Kier molecular flexibility index (Phi) is 2.67. The Bertz CT molecular complexity index is 974. The first-order valence-electron chi connectivity index (χ1n) is 9.03. The Hall–Kier alpha value is -2.40. The van der Waals surface area contributed by atoms with Gasteiger partial charge in [0.1, 0.15) is 11.2 Å². The molecule has 4 aliphatic rings. The molecule has 3 aromatic rings. The summed E-state index contributed by atoms with van der Waals surface area (Å²) in [6.45, 7) is 3.49. The molecule has 3 fully saturated rings. The minimum Gasteiger partial charge on any atom is -0.469 e. The van der Waals surface area contributed by atoms with Crippen LogP contribution in [0.1, 0.15) is 18.4 Å². The second-order valence-corrected chi connectivity index (χ2v) is 7.60. The molecule has 0 saturated carbocycles. The first-order valence-corrected chi connectivity index (χ1v) is 9.03. The van der Waals surface area contributed by atoms with Crippen LogP contribution in [0.2, 0.25) is 0 Å². The zero-order valence-electron chi connectivity index (χ0n) is 13.9. The molecule has 1 spiro atoms. The molecule has 5 heteroatoms. The van der Waals surface area contributed by atoms with Gasteiger partial charge in [-0.05, 0) is 38.1 Å². The zero-order chi connectivity index (χ0) is 16.4. The number of nitrogens with zero attached hydrogens (tertiary/aromatic N) is 3. The highest BCUT2D eigenvalue weighted by Crippen LogP contribution is 2.46. The van der Waals surface area contributed by atoms with Crippen LogP contribution in [0.3, 0.4) is 0 Å². The fourth-order valence-electron chi connectivity index (χ4n) is 4.95. The molecule has 0 amide bonds. The van der Waals surface area contributed by atoms with Gasteiger partial charge in [-0.3, -0.25) is 9.88 Å². The molecule has 0 aliphatic carbocycles. The molecular formula is C20H19N3O2. The maximum Gasteiger partial charge on any atom is 0.217 e. The van der Waals surface area contributed by atoms with Crippen molar-refractivity contribution in [1.29, 1.82) is 0 Å². The highest BCUT2D eigenvalue weighted by Gasteiger charge is 2.52. The number of fused-ring (bicyclic) bond motifs is 4. The molecule has 3 aromatic heterocycles. The lowest BCUT2D eigenvalue weighted by atomic mass is 9.73. The van der Waals surface area contributed by atoms with Crippen molar-refractivity contribution < 1.29 is 9.15 Å². The molecule has 5 nitrogen and oxygen atoms in total. The number of furan rings is 1. The lowest BCUT2D eigenvalue weighted by molar-refractivity contribution is -0.0814. The van der Waals surface area contributed by atoms with E-state index < -0.39 is 0 Å². The quantitative estimate of drug-likeness (QED) is 0.684. The number of piperidine rings is 3.